The number of hydrogen-bond donors (Lipinski definition) is 3. The first-order valence-electron chi connectivity index (χ1n) is 12.9. The Morgan fingerprint density at radius 2 is 1.82 bits per heavy atom. The number of likely N-dealkylation sites (N-methyl/N-ethyl adjacent to an activating group) is 1. The molecule has 1 heterocycles. The van der Waals surface area contributed by atoms with Crippen LogP contribution in [-0.2, 0) is 19.2 Å². The Kier molecular flexibility index (Phi) is 10.7. The maximum Gasteiger partial charge on any atom is 0.289 e. The molecule has 0 aromatic rings. The van der Waals surface area contributed by atoms with Gasteiger partial charge in [0.1, 0.15) is 6.04 Å². The van der Waals surface area contributed by atoms with Crippen molar-refractivity contribution in [1.82, 2.24) is 20.9 Å². The van der Waals surface area contributed by atoms with E-state index in [0.29, 0.717) is 19.4 Å². The summed E-state index contributed by atoms with van der Waals surface area (Å²) in [6.07, 6.45) is 9.38. The van der Waals surface area contributed by atoms with Gasteiger partial charge in [-0.2, -0.15) is 0 Å². The largest absolute Gasteiger partial charge is 0.346 e. The molecule has 1 aliphatic carbocycles. The number of amides is 3. The number of hydrogen-bond acceptors (Lipinski definition) is 5. The number of carbonyl (C=O) groups is 4. The molecule has 3 N–H and O–H groups in total. The predicted molar refractivity (Wildman–Crippen MR) is 133 cm³/mol. The van der Waals surface area contributed by atoms with E-state index >= 15 is 0 Å². The van der Waals surface area contributed by atoms with Gasteiger partial charge in [0.2, 0.25) is 17.6 Å². The lowest BCUT2D eigenvalue weighted by molar-refractivity contribution is -0.144. The zero-order chi connectivity index (χ0) is 25.3. The summed E-state index contributed by atoms with van der Waals surface area (Å²) in [6.45, 7) is 10.4. The average Bonchev–Trinajstić information content (AvgIpc) is 3.32. The summed E-state index contributed by atoms with van der Waals surface area (Å²) in [5, 5.41) is 8.57. The fraction of sp³-hybridized carbons (Fsp3) is 0.769. The lowest BCUT2D eigenvalue weighted by Crippen LogP contribution is -2.58. The minimum atomic E-state index is -0.916. The van der Waals surface area contributed by atoms with Crippen molar-refractivity contribution in [1.29, 1.82) is 0 Å². The van der Waals surface area contributed by atoms with E-state index in [1.54, 1.807) is 4.90 Å². The van der Waals surface area contributed by atoms with Crippen LogP contribution in [-0.4, -0.2) is 66.7 Å². The molecule has 1 saturated heterocycles. The van der Waals surface area contributed by atoms with Crippen molar-refractivity contribution >= 4 is 23.5 Å². The maximum absolute atomic E-state index is 13.6. The third kappa shape index (κ3) is 6.90. The number of nitrogens with zero attached hydrogens (tertiary/aromatic N) is 1. The van der Waals surface area contributed by atoms with Gasteiger partial charge in [-0.15, -0.1) is 6.58 Å². The number of rotatable bonds is 12. The summed E-state index contributed by atoms with van der Waals surface area (Å²) >= 11 is 0. The van der Waals surface area contributed by atoms with Crippen LogP contribution < -0.4 is 16.0 Å². The van der Waals surface area contributed by atoms with Crippen LogP contribution in [0.15, 0.2) is 12.7 Å². The SMILES string of the molecule is C=CCNC(=O)C(=O)C(CC(C)CC)NC(=O)C1CCCN1C(=O)C(NC)C1(C)CCCCC1. The van der Waals surface area contributed by atoms with Crippen molar-refractivity contribution in [3.63, 3.8) is 0 Å². The van der Waals surface area contributed by atoms with Gasteiger partial charge < -0.3 is 20.9 Å². The molecular formula is C26H44N4O4. The third-order valence-corrected chi connectivity index (χ3v) is 7.67. The molecule has 0 radical (unpaired) electrons. The smallest absolute Gasteiger partial charge is 0.289 e. The van der Waals surface area contributed by atoms with Crippen molar-refractivity contribution < 1.29 is 19.2 Å². The van der Waals surface area contributed by atoms with Crippen LogP contribution >= 0.6 is 0 Å². The summed E-state index contributed by atoms with van der Waals surface area (Å²) in [6, 6.07) is -1.89. The zero-order valence-corrected chi connectivity index (χ0v) is 21.5. The molecule has 0 aromatic heterocycles. The first kappa shape index (κ1) is 28.0. The molecule has 3 amide bonds. The Morgan fingerprint density at radius 3 is 2.41 bits per heavy atom. The highest BCUT2D eigenvalue weighted by atomic mass is 16.2. The topological polar surface area (TPSA) is 108 Å². The fourth-order valence-corrected chi connectivity index (χ4v) is 5.37. The second-order valence-corrected chi connectivity index (χ2v) is 10.3. The minimum absolute atomic E-state index is 0.0434. The fourth-order valence-electron chi connectivity index (χ4n) is 5.37. The summed E-state index contributed by atoms with van der Waals surface area (Å²) in [7, 11) is 1.82. The van der Waals surface area contributed by atoms with Crippen molar-refractivity contribution in [3.05, 3.63) is 12.7 Å². The summed E-state index contributed by atoms with van der Waals surface area (Å²) in [5.41, 5.74) is -0.133. The first-order chi connectivity index (χ1) is 16.2. The normalized spacial score (nSPS) is 22.4. The molecule has 0 spiro atoms. The molecule has 4 atom stereocenters. The van der Waals surface area contributed by atoms with Crippen LogP contribution in [0, 0.1) is 11.3 Å². The van der Waals surface area contributed by atoms with Gasteiger partial charge in [0.15, 0.2) is 0 Å². The van der Waals surface area contributed by atoms with Gasteiger partial charge in [-0.3, -0.25) is 19.2 Å². The van der Waals surface area contributed by atoms with Crippen molar-refractivity contribution in [3.8, 4) is 0 Å². The number of likely N-dealkylation sites (tertiary alicyclic amines) is 1. The van der Waals surface area contributed by atoms with Gasteiger partial charge in [-0.1, -0.05) is 52.5 Å². The highest BCUT2D eigenvalue weighted by molar-refractivity contribution is 6.38. The summed E-state index contributed by atoms with van der Waals surface area (Å²) in [5.74, 6) is -1.63. The first-order valence-corrected chi connectivity index (χ1v) is 12.9. The average molecular weight is 477 g/mol. The van der Waals surface area contributed by atoms with Gasteiger partial charge >= 0.3 is 0 Å². The second kappa shape index (κ2) is 13.0. The monoisotopic (exact) mass is 476 g/mol. The van der Waals surface area contributed by atoms with Crippen molar-refractivity contribution in [2.75, 3.05) is 20.1 Å². The Morgan fingerprint density at radius 1 is 1.15 bits per heavy atom. The number of carbonyl (C=O) groups excluding carboxylic acids is 4. The van der Waals surface area contributed by atoms with E-state index < -0.39 is 23.8 Å². The Labute approximate surface area is 204 Å². The second-order valence-electron chi connectivity index (χ2n) is 10.3. The van der Waals surface area contributed by atoms with E-state index in [0.717, 1.165) is 38.5 Å². The Balaban J connectivity index is 2.15. The molecule has 1 aliphatic heterocycles. The quantitative estimate of drug-likeness (QED) is 0.296. The van der Waals surface area contributed by atoms with Crippen LogP contribution in [0.3, 0.4) is 0 Å². The number of Topliss-reactive ketones (excluding diaryl/α,β-unsaturated/α-hetero) is 1. The summed E-state index contributed by atoms with van der Waals surface area (Å²) < 4.78 is 0. The van der Waals surface area contributed by atoms with E-state index in [1.165, 1.54) is 12.5 Å². The van der Waals surface area contributed by atoms with E-state index in [-0.39, 0.29) is 35.7 Å². The van der Waals surface area contributed by atoms with Crippen LogP contribution in [0.4, 0.5) is 0 Å². The molecule has 0 aromatic carbocycles. The van der Waals surface area contributed by atoms with Crippen molar-refractivity contribution in [2.45, 2.75) is 96.7 Å². The van der Waals surface area contributed by atoms with E-state index in [2.05, 4.69) is 29.5 Å². The molecule has 0 bridgehead atoms. The summed E-state index contributed by atoms with van der Waals surface area (Å²) in [4.78, 5) is 53.7. The van der Waals surface area contributed by atoms with E-state index in [1.807, 2.05) is 20.9 Å². The number of ketones is 1. The molecule has 1 saturated carbocycles. The molecule has 2 fully saturated rings. The molecular weight excluding hydrogens is 432 g/mol. The molecule has 192 valence electrons. The van der Waals surface area contributed by atoms with Crippen LogP contribution in [0.5, 0.6) is 0 Å². The molecule has 8 heteroatoms. The molecule has 34 heavy (non-hydrogen) atoms. The van der Waals surface area contributed by atoms with E-state index in [4.69, 9.17) is 0 Å². The predicted octanol–water partition coefficient (Wildman–Crippen LogP) is 2.33. The highest BCUT2D eigenvalue weighted by Gasteiger charge is 2.45. The zero-order valence-electron chi connectivity index (χ0n) is 21.5. The van der Waals surface area contributed by atoms with Gasteiger partial charge in [-0.25, -0.2) is 0 Å². The van der Waals surface area contributed by atoms with Crippen LogP contribution in [0.1, 0.15) is 78.6 Å². The lowest BCUT2D eigenvalue weighted by Gasteiger charge is -2.42. The maximum atomic E-state index is 13.6. The van der Waals surface area contributed by atoms with Gasteiger partial charge in [0.25, 0.3) is 5.91 Å². The third-order valence-electron chi connectivity index (χ3n) is 7.67. The minimum Gasteiger partial charge on any atom is -0.346 e. The number of nitrogens with one attached hydrogen (secondary N) is 3. The van der Waals surface area contributed by atoms with Gasteiger partial charge in [0, 0.05) is 13.1 Å². The van der Waals surface area contributed by atoms with Gasteiger partial charge in [0.05, 0.1) is 12.1 Å². The Hall–Kier alpha value is -2.22. The van der Waals surface area contributed by atoms with E-state index in [9.17, 15) is 19.2 Å². The molecule has 2 aliphatic rings. The van der Waals surface area contributed by atoms with Gasteiger partial charge in [-0.05, 0) is 50.5 Å². The Bertz CT molecular complexity index is 747. The molecule has 4 unspecified atom stereocenters. The molecule has 8 nitrogen and oxygen atoms in total. The highest BCUT2D eigenvalue weighted by Crippen LogP contribution is 2.40. The lowest BCUT2D eigenvalue weighted by atomic mass is 9.70. The van der Waals surface area contributed by atoms with Crippen LogP contribution in [0.2, 0.25) is 0 Å². The standard InChI is InChI=1S/C26H44N4O4/c1-6-15-28-24(33)21(31)19(17-18(3)7-2)29-23(32)20-12-11-16-30(20)25(34)22(27-5)26(4)13-9-8-10-14-26/h6,18-20,22,27H,1,7-17H2,2-5H3,(H,28,33)(H,29,32). The molecule has 2 rings (SSSR count). The van der Waals surface area contributed by atoms with Crippen molar-refractivity contribution in [2.24, 2.45) is 11.3 Å². The van der Waals surface area contributed by atoms with Crippen LogP contribution in [0.25, 0.3) is 0 Å².